The first-order chi connectivity index (χ1) is 18.1. The lowest BCUT2D eigenvalue weighted by molar-refractivity contribution is -0.144. The predicted octanol–water partition coefficient (Wildman–Crippen LogP) is 5.54. The Balaban J connectivity index is 1.90. The molecule has 0 bridgehead atoms. The lowest BCUT2D eigenvalue weighted by Gasteiger charge is -2.38. The van der Waals surface area contributed by atoms with Gasteiger partial charge in [0.1, 0.15) is 17.9 Å². The maximum Gasteiger partial charge on any atom is 0.388 e. The molecule has 1 aromatic carbocycles. The van der Waals surface area contributed by atoms with Crippen molar-refractivity contribution in [3.8, 4) is 11.8 Å². The molecule has 38 heavy (non-hydrogen) atoms. The number of anilines is 2. The summed E-state index contributed by atoms with van der Waals surface area (Å²) in [4.78, 5) is 43.4. The zero-order valence-corrected chi connectivity index (χ0v) is 21.9. The highest BCUT2D eigenvalue weighted by atomic mass is 19.3. The number of nitrogens with one attached hydrogen (secondary N) is 1. The molecule has 1 saturated carbocycles. The van der Waals surface area contributed by atoms with E-state index in [4.69, 9.17) is 4.74 Å². The van der Waals surface area contributed by atoms with Crippen molar-refractivity contribution < 1.29 is 37.4 Å². The van der Waals surface area contributed by atoms with Gasteiger partial charge in [0.15, 0.2) is 0 Å². The molecule has 0 spiro atoms. The number of nitrogens with zero attached hydrogens (tertiary/aromatic N) is 2. The highest BCUT2D eigenvalue weighted by Gasteiger charge is 2.34. The average Bonchev–Trinajstić information content (AvgIpc) is 2.90. The number of hydrogen-bond donors (Lipinski definition) is 1. The van der Waals surface area contributed by atoms with Crippen LogP contribution < -0.4 is 19.7 Å². The smallest absolute Gasteiger partial charge is 0.388 e. The third kappa shape index (κ3) is 7.17. The zero-order valence-electron chi connectivity index (χ0n) is 21.9. The molecule has 9 nitrogen and oxygen atoms in total. The summed E-state index contributed by atoms with van der Waals surface area (Å²) in [6.07, 6.45) is 1.75. The molecule has 3 rings (SSSR count). The minimum Gasteiger partial charge on any atom is -0.481 e. The van der Waals surface area contributed by atoms with Crippen molar-refractivity contribution in [1.29, 1.82) is 0 Å². The Kier molecular flexibility index (Phi) is 9.98. The number of amides is 2. The van der Waals surface area contributed by atoms with E-state index >= 15 is 0 Å². The number of carbonyl (C=O) groups is 3. The molecule has 0 unspecified atom stereocenters. The van der Waals surface area contributed by atoms with E-state index in [9.17, 15) is 23.2 Å². The van der Waals surface area contributed by atoms with Crippen LogP contribution in [-0.2, 0) is 14.3 Å². The van der Waals surface area contributed by atoms with Crippen LogP contribution in [0.3, 0.4) is 0 Å². The van der Waals surface area contributed by atoms with Crippen molar-refractivity contribution in [1.82, 2.24) is 4.98 Å². The molecule has 2 amide bonds. The molecule has 0 saturated heterocycles. The van der Waals surface area contributed by atoms with Crippen LogP contribution in [0, 0.1) is 5.92 Å². The van der Waals surface area contributed by atoms with Crippen LogP contribution in [0.25, 0.3) is 0 Å². The highest BCUT2D eigenvalue weighted by molar-refractivity contribution is 6.03. The fraction of sp³-hybridized carbons (Fsp3) is 0.481. The van der Waals surface area contributed by atoms with Gasteiger partial charge in [-0.3, -0.25) is 14.5 Å². The number of methoxy groups -OCH3 is 2. The number of ketones is 1. The molecule has 1 aliphatic carbocycles. The number of carbonyl (C=O) groups excluding carboxylic acids is 3. The number of para-hydroxylation sites is 1. The fourth-order valence-corrected chi connectivity index (χ4v) is 4.66. The van der Waals surface area contributed by atoms with Crippen LogP contribution in [0.4, 0.5) is 25.0 Å². The number of hydrogen-bond acceptors (Lipinski definition) is 7. The first kappa shape index (κ1) is 28.8. The molecular weight excluding hydrogens is 500 g/mol. The average molecular weight is 534 g/mol. The van der Waals surface area contributed by atoms with Crippen molar-refractivity contribution in [2.24, 2.45) is 5.92 Å². The number of Topliss-reactive ketones (excluding diaryl/α,β-unsaturated/α-hetero) is 1. The van der Waals surface area contributed by atoms with Gasteiger partial charge in [-0.2, -0.15) is 13.8 Å². The van der Waals surface area contributed by atoms with E-state index in [1.165, 1.54) is 26.4 Å². The third-order valence-electron chi connectivity index (χ3n) is 6.59. The maximum absolute atomic E-state index is 13.8. The Bertz CT molecular complexity index is 1140. The molecular formula is C27H33F2N3O6. The number of aromatic nitrogens is 1. The summed E-state index contributed by atoms with van der Waals surface area (Å²) >= 11 is 0. The normalized spacial score (nSPS) is 17.2. The van der Waals surface area contributed by atoms with E-state index in [1.54, 1.807) is 4.90 Å². The maximum atomic E-state index is 13.8. The lowest BCUT2D eigenvalue weighted by Crippen LogP contribution is -2.46. The highest BCUT2D eigenvalue weighted by Crippen LogP contribution is 2.36. The van der Waals surface area contributed by atoms with Gasteiger partial charge in [0, 0.05) is 23.7 Å². The van der Waals surface area contributed by atoms with Gasteiger partial charge in [0.2, 0.25) is 11.8 Å². The molecule has 0 aliphatic heterocycles. The first-order valence-corrected chi connectivity index (χ1v) is 12.4. The van der Waals surface area contributed by atoms with Crippen LogP contribution in [0.1, 0.15) is 57.4 Å². The number of alkyl halides is 2. The second-order valence-corrected chi connectivity index (χ2v) is 9.32. The van der Waals surface area contributed by atoms with Gasteiger partial charge in [-0.15, -0.1) is 0 Å². The third-order valence-corrected chi connectivity index (χ3v) is 6.59. The van der Waals surface area contributed by atoms with Crippen molar-refractivity contribution in [2.75, 3.05) is 24.4 Å². The minimum atomic E-state index is -3.15. The largest absolute Gasteiger partial charge is 0.481 e. The van der Waals surface area contributed by atoms with Crippen LogP contribution in [0.2, 0.25) is 0 Å². The van der Waals surface area contributed by atoms with Crippen molar-refractivity contribution in [2.45, 2.75) is 64.5 Å². The standard InChI is InChI=1S/C27H33F2N3O6/c1-16(2)19-7-5-6-8-21(19)32(18-11-9-17(10-12-18)22(33)15-24(34)37-4)27(35)30-20-13-14-23(36-3)31-25(20)38-26(28)29/h5-8,13-14,16-18,26H,9-12,15H2,1-4H3,(H,30,35). The summed E-state index contributed by atoms with van der Waals surface area (Å²) in [5.41, 5.74) is 1.58. The Morgan fingerprint density at radius 3 is 2.34 bits per heavy atom. The van der Waals surface area contributed by atoms with E-state index in [1.807, 2.05) is 38.1 Å². The van der Waals surface area contributed by atoms with E-state index in [0.717, 1.165) is 5.56 Å². The Labute approximate surface area is 220 Å². The molecule has 2 aromatic rings. The van der Waals surface area contributed by atoms with Crippen LogP contribution in [-0.4, -0.2) is 49.6 Å². The SMILES string of the molecule is COC(=O)CC(=O)C1CCC(N(C(=O)Nc2ccc(OC)nc2OC(F)F)c2ccccc2C(C)C)CC1. The van der Waals surface area contributed by atoms with Gasteiger partial charge in [0.05, 0.1) is 14.2 Å². The topological polar surface area (TPSA) is 107 Å². The summed E-state index contributed by atoms with van der Waals surface area (Å²) in [5.74, 6) is -1.37. The van der Waals surface area contributed by atoms with E-state index in [-0.39, 0.29) is 41.6 Å². The summed E-state index contributed by atoms with van der Waals surface area (Å²) in [6.45, 7) is 0.874. The molecule has 1 fully saturated rings. The molecule has 1 N–H and O–H groups in total. The van der Waals surface area contributed by atoms with E-state index in [0.29, 0.717) is 31.4 Å². The van der Waals surface area contributed by atoms with Crippen LogP contribution >= 0.6 is 0 Å². The summed E-state index contributed by atoms with van der Waals surface area (Å²) in [5, 5.41) is 2.68. The summed E-state index contributed by atoms with van der Waals surface area (Å²) in [7, 11) is 2.58. The van der Waals surface area contributed by atoms with Gasteiger partial charge in [-0.05, 0) is 49.3 Å². The van der Waals surface area contributed by atoms with Gasteiger partial charge in [-0.1, -0.05) is 32.0 Å². The fourth-order valence-electron chi connectivity index (χ4n) is 4.66. The minimum absolute atomic E-state index is 0.0370. The number of esters is 1. The van der Waals surface area contributed by atoms with Gasteiger partial charge in [-0.25, -0.2) is 4.79 Å². The van der Waals surface area contributed by atoms with Crippen molar-refractivity contribution in [3.63, 3.8) is 0 Å². The molecule has 1 aromatic heterocycles. The van der Waals surface area contributed by atoms with Gasteiger partial charge in [0.25, 0.3) is 0 Å². The number of pyridine rings is 1. The van der Waals surface area contributed by atoms with E-state index in [2.05, 4.69) is 19.8 Å². The summed E-state index contributed by atoms with van der Waals surface area (Å²) in [6, 6.07) is 9.48. The van der Waals surface area contributed by atoms with Gasteiger partial charge >= 0.3 is 18.6 Å². The Hall–Kier alpha value is -3.76. The second-order valence-electron chi connectivity index (χ2n) is 9.32. The molecule has 206 valence electrons. The molecule has 1 aliphatic rings. The number of benzene rings is 1. The Morgan fingerprint density at radius 1 is 1.05 bits per heavy atom. The van der Waals surface area contributed by atoms with Crippen molar-refractivity contribution in [3.05, 3.63) is 42.0 Å². The monoisotopic (exact) mass is 533 g/mol. The van der Waals surface area contributed by atoms with Gasteiger partial charge < -0.3 is 19.5 Å². The number of ether oxygens (including phenoxy) is 3. The number of urea groups is 1. The molecule has 0 atom stereocenters. The lowest BCUT2D eigenvalue weighted by atomic mass is 9.81. The van der Waals surface area contributed by atoms with Crippen LogP contribution in [0.15, 0.2) is 36.4 Å². The summed E-state index contributed by atoms with van der Waals surface area (Å²) < 4.78 is 40.2. The van der Waals surface area contributed by atoms with E-state index < -0.39 is 24.5 Å². The number of halogens is 2. The van der Waals surface area contributed by atoms with Crippen molar-refractivity contribution >= 4 is 29.2 Å². The predicted molar refractivity (Wildman–Crippen MR) is 137 cm³/mol. The molecule has 1 heterocycles. The number of rotatable bonds is 10. The molecule has 0 radical (unpaired) electrons. The molecule has 11 heteroatoms. The quantitative estimate of drug-likeness (QED) is 0.315. The second kappa shape index (κ2) is 13.2. The first-order valence-electron chi connectivity index (χ1n) is 12.4. The zero-order chi connectivity index (χ0) is 27.8. The Morgan fingerprint density at radius 2 is 1.74 bits per heavy atom. The van der Waals surface area contributed by atoms with Crippen LogP contribution in [0.5, 0.6) is 11.8 Å².